The SMILES string of the molecule is Cc1c(C)c(S(=O)(=O)N2[C@H](/C=C/C(=O)OC(C)(C)C)[C@@H]2CC(C)C)c(C)c2c1OC(C)(C)CC2. The molecular weight excluding hydrogens is 450 g/mol. The van der Waals surface area contributed by atoms with E-state index in [2.05, 4.69) is 27.7 Å². The summed E-state index contributed by atoms with van der Waals surface area (Å²) in [7, 11) is -3.76. The smallest absolute Gasteiger partial charge is 0.331 e. The molecule has 0 spiro atoms. The summed E-state index contributed by atoms with van der Waals surface area (Å²) in [6.07, 6.45) is 5.40. The van der Waals surface area contributed by atoms with E-state index in [1.165, 1.54) is 6.08 Å². The van der Waals surface area contributed by atoms with Gasteiger partial charge in [-0.15, -0.1) is 0 Å². The first-order chi connectivity index (χ1) is 15.5. The zero-order valence-electron chi connectivity index (χ0n) is 22.4. The van der Waals surface area contributed by atoms with Gasteiger partial charge in [0.05, 0.1) is 10.9 Å². The first-order valence-electron chi connectivity index (χ1n) is 12.2. The summed E-state index contributed by atoms with van der Waals surface area (Å²) >= 11 is 0. The number of rotatable bonds is 6. The third-order valence-corrected chi connectivity index (χ3v) is 8.87. The molecule has 6 nitrogen and oxygen atoms in total. The first-order valence-corrected chi connectivity index (χ1v) is 13.7. The van der Waals surface area contributed by atoms with E-state index >= 15 is 0 Å². The molecule has 0 N–H and O–H groups in total. The molecule has 0 bridgehead atoms. The first kappa shape index (κ1) is 26.7. The molecule has 1 saturated heterocycles. The number of sulfonamides is 1. The molecule has 2 aliphatic heterocycles. The maximum atomic E-state index is 14.0. The van der Waals surface area contributed by atoms with Crippen LogP contribution in [0.1, 0.15) is 83.6 Å². The summed E-state index contributed by atoms with van der Waals surface area (Å²) in [4.78, 5) is 12.6. The van der Waals surface area contributed by atoms with E-state index in [-0.39, 0.29) is 17.7 Å². The van der Waals surface area contributed by atoms with E-state index in [0.717, 1.165) is 47.3 Å². The second kappa shape index (κ2) is 8.98. The van der Waals surface area contributed by atoms with Gasteiger partial charge >= 0.3 is 5.97 Å². The van der Waals surface area contributed by atoms with Gasteiger partial charge in [-0.1, -0.05) is 19.9 Å². The molecule has 0 aliphatic carbocycles. The van der Waals surface area contributed by atoms with Gasteiger partial charge in [-0.05, 0) is 103 Å². The lowest BCUT2D eigenvalue weighted by Gasteiger charge is -2.35. The van der Waals surface area contributed by atoms with Crippen LogP contribution in [0, 0.1) is 26.7 Å². The highest BCUT2D eigenvalue weighted by Gasteiger charge is 2.55. The highest BCUT2D eigenvalue weighted by atomic mass is 32.2. The van der Waals surface area contributed by atoms with Gasteiger partial charge in [0.2, 0.25) is 10.0 Å². The van der Waals surface area contributed by atoms with Gasteiger partial charge < -0.3 is 9.47 Å². The standard InChI is InChI=1S/C27H41NO5S/c1-16(2)15-22-21(11-12-23(29)32-26(6,7)8)28(22)34(30,31)25-18(4)17(3)24-20(19(25)5)13-14-27(9,10)33-24/h11-12,16,21-22H,13-15H2,1-10H3/b12-11+/t21-,22+,28?/m1/s1. The van der Waals surface area contributed by atoms with Crippen molar-refractivity contribution in [3.05, 3.63) is 34.4 Å². The summed E-state index contributed by atoms with van der Waals surface area (Å²) in [5.74, 6) is 0.693. The average Bonchev–Trinajstić information content (AvgIpc) is 3.35. The molecule has 0 saturated carbocycles. The number of carbonyl (C=O) groups excluding carboxylic acids is 1. The van der Waals surface area contributed by atoms with Gasteiger partial charge in [0.15, 0.2) is 0 Å². The van der Waals surface area contributed by atoms with Crippen molar-refractivity contribution < 1.29 is 22.7 Å². The van der Waals surface area contributed by atoms with Crippen LogP contribution in [0.25, 0.3) is 0 Å². The highest BCUT2D eigenvalue weighted by Crippen LogP contribution is 2.46. The van der Waals surface area contributed by atoms with Crippen molar-refractivity contribution in [2.24, 2.45) is 5.92 Å². The monoisotopic (exact) mass is 491 g/mol. The number of carbonyl (C=O) groups is 1. The number of fused-ring (bicyclic) bond motifs is 1. The molecule has 190 valence electrons. The van der Waals surface area contributed by atoms with Crippen molar-refractivity contribution in [2.75, 3.05) is 0 Å². The van der Waals surface area contributed by atoms with Crippen molar-refractivity contribution in [3.8, 4) is 5.75 Å². The Kier molecular flexibility index (Phi) is 7.06. The highest BCUT2D eigenvalue weighted by molar-refractivity contribution is 7.89. The molecule has 7 heteroatoms. The fourth-order valence-electron chi connectivity index (χ4n) is 4.91. The Morgan fingerprint density at radius 2 is 1.79 bits per heavy atom. The van der Waals surface area contributed by atoms with Crippen LogP contribution in [0.3, 0.4) is 0 Å². The number of nitrogens with zero attached hydrogens (tertiary/aromatic N) is 1. The van der Waals surface area contributed by atoms with Crippen LogP contribution in [0.15, 0.2) is 17.0 Å². The summed E-state index contributed by atoms with van der Waals surface area (Å²) in [5, 5.41) is 0. The quantitative estimate of drug-likeness (QED) is 0.303. The van der Waals surface area contributed by atoms with Gasteiger partial charge in [0, 0.05) is 12.1 Å². The Morgan fingerprint density at radius 1 is 1.18 bits per heavy atom. The van der Waals surface area contributed by atoms with Crippen molar-refractivity contribution in [2.45, 2.75) is 117 Å². The number of hydrogen-bond donors (Lipinski definition) is 0. The van der Waals surface area contributed by atoms with Crippen molar-refractivity contribution in [1.29, 1.82) is 0 Å². The van der Waals surface area contributed by atoms with Gasteiger partial charge in [0.25, 0.3) is 0 Å². The number of hydrogen-bond acceptors (Lipinski definition) is 5. The predicted octanol–water partition coefficient (Wildman–Crippen LogP) is 5.40. The summed E-state index contributed by atoms with van der Waals surface area (Å²) in [6, 6.07) is -0.528. The molecular formula is C27H41NO5S. The maximum absolute atomic E-state index is 14.0. The number of benzene rings is 1. The summed E-state index contributed by atoms with van der Waals surface area (Å²) in [6.45, 7) is 19.4. The lowest BCUT2D eigenvalue weighted by Crippen LogP contribution is -2.34. The molecule has 2 aliphatic rings. The fraction of sp³-hybridized carbons (Fsp3) is 0.667. The Labute approximate surface area is 205 Å². The molecule has 0 radical (unpaired) electrons. The largest absolute Gasteiger partial charge is 0.487 e. The minimum absolute atomic E-state index is 0.172. The zero-order valence-corrected chi connectivity index (χ0v) is 23.2. The molecule has 0 amide bonds. The van der Waals surface area contributed by atoms with E-state index in [1.807, 2.05) is 41.5 Å². The van der Waals surface area contributed by atoms with Crippen LogP contribution in [0.2, 0.25) is 0 Å². The minimum Gasteiger partial charge on any atom is -0.487 e. The van der Waals surface area contributed by atoms with E-state index in [1.54, 1.807) is 10.4 Å². The lowest BCUT2D eigenvalue weighted by atomic mass is 9.88. The van der Waals surface area contributed by atoms with Crippen molar-refractivity contribution >= 4 is 16.0 Å². The maximum Gasteiger partial charge on any atom is 0.331 e. The third kappa shape index (κ3) is 5.35. The van der Waals surface area contributed by atoms with E-state index in [4.69, 9.17) is 9.47 Å². The summed E-state index contributed by atoms with van der Waals surface area (Å²) in [5.41, 5.74) is 2.52. The zero-order chi connectivity index (χ0) is 25.8. The third-order valence-electron chi connectivity index (χ3n) is 6.68. The molecule has 1 aromatic carbocycles. The van der Waals surface area contributed by atoms with Crippen LogP contribution >= 0.6 is 0 Å². The normalized spacial score (nSPS) is 24.1. The van der Waals surface area contributed by atoms with Crippen molar-refractivity contribution in [3.63, 3.8) is 0 Å². The number of esters is 1. The lowest BCUT2D eigenvalue weighted by molar-refractivity contribution is -0.148. The Bertz CT molecular complexity index is 1110. The summed E-state index contributed by atoms with van der Waals surface area (Å²) < 4.78 is 41.2. The van der Waals surface area contributed by atoms with Crippen LogP contribution in [0.5, 0.6) is 5.75 Å². The molecule has 3 atom stereocenters. The fourth-order valence-corrected chi connectivity index (χ4v) is 7.21. The molecule has 0 aromatic heterocycles. The van der Waals surface area contributed by atoms with Crippen molar-refractivity contribution in [1.82, 2.24) is 4.31 Å². The second-order valence-corrected chi connectivity index (χ2v) is 13.6. The van der Waals surface area contributed by atoms with Gasteiger partial charge in [-0.25, -0.2) is 13.2 Å². The molecule has 1 aromatic rings. The Hall–Kier alpha value is -1.86. The predicted molar refractivity (Wildman–Crippen MR) is 135 cm³/mol. The molecule has 1 fully saturated rings. The average molecular weight is 492 g/mol. The molecule has 34 heavy (non-hydrogen) atoms. The Balaban J connectivity index is 2.00. The van der Waals surface area contributed by atoms with Crippen LogP contribution in [-0.2, 0) is 26.0 Å². The van der Waals surface area contributed by atoms with E-state index < -0.39 is 21.6 Å². The van der Waals surface area contributed by atoms with Gasteiger partial charge in [-0.2, -0.15) is 4.31 Å². The van der Waals surface area contributed by atoms with E-state index in [9.17, 15) is 13.2 Å². The molecule has 2 heterocycles. The van der Waals surface area contributed by atoms with Gasteiger partial charge in [0.1, 0.15) is 17.0 Å². The van der Waals surface area contributed by atoms with Crippen LogP contribution in [-0.4, -0.2) is 42.0 Å². The van der Waals surface area contributed by atoms with Crippen LogP contribution < -0.4 is 4.74 Å². The van der Waals surface area contributed by atoms with Crippen LogP contribution in [0.4, 0.5) is 0 Å². The second-order valence-electron chi connectivity index (χ2n) is 11.8. The van der Waals surface area contributed by atoms with E-state index in [0.29, 0.717) is 10.8 Å². The molecule has 1 unspecified atom stereocenters. The minimum atomic E-state index is -3.76. The molecule has 3 rings (SSSR count). The number of ether oxygens (including phenoxy) is 2. The topological polar surface area (TPSA) is 72.7 Å². The Morgan fingerprint density at radius 3 is 2.35 bits per heavy atom. The van der Waals surface area contributed by atoms with Gasteiger partial charge in [-0.3, -0.25) is 0 Å².